The van der Waals surface area contributed by atoms with Gasteiger partial charge in [0.25, 0.3) is 10.0 Å². The number of primary amides is 1. The molecule has 28 heavy (non-hydrogen) atoms. The average molecular weight is 411 g/mol. The second kappa shape index (κ2) is 10.5. The van der Waals surface area contributed by atoms with Gasteiger partial charge in [-0.05, 0) is 43.9 Å². The Labute approximate surface area is 167 Å². The van der Waals surface area contributed by atoms with Crippen LogP contribution in [0.2, 0.25) is 0 Å². The van der Waals surface area contributed by atoms with Gasteiger partial charge in [-0.1, -0.05) is 44.2 Å². The third kappa shape index (κ3) is 5.95. The third-order valence-corrected chi connectivity index (χ3v) is 6.89. The van der Waals surface area contributed by atoms with Crippen LogP contribution in [0.3, 0.4) is 0 Å². The molecule has 1 saturated carbocycles. The number of carbonyl (C=O) groups excluding carboxylic acids is 2. The molecule has 0 unspecified atom stereocenters. The van der Waals surface area contributed by atoms with Crippen LogP contribution in [-0.2, 0) is 26.0 Å². The molecule has 1 aliphatic rings. The lowest BCUT2D eigenvalue weighted by Crippen LogP contribution is -2.47. The maximum atomic E-state index is 13.1. The van der Waals surface area contributed by atoms with Crippen molar-refractivity contribution in [2.75, 3.05) is 6.61 Å². The van der Waals surface area contributed by atoms with Gasteiger partial charge in [-0.3, -0.25) is 4.79 Å². The summed E-state index contributed by atoms with van der Waals surface area (Å²) in [6.45, 7) is 2.08. The van der Waals surface area contributed by atoms with E-state index in [4.69, 9.17) is 10.5 Å². The molecule has 2 N–H and O–H groups in total. The van der Waals surface area contributed by atoms with Crippen molar-refractivity contribution in [2.45, 2.75) is 75.6 Å². The van der Waals surface area contributed by atoms with Crippen molar-refractivity contribution in [3.63, 3.8) is 0 Å². The van der Waals surface area contributed by atoms with Crippen LogP contribution in [0.25, 0.3) is 0 Å². The van der Waals surface area contributed by atoms with Gasteiger partial charge in [0, 0.05) is 6.42 Å². The monoisotopic (exact) mass is 410 g/mol. The van der Waals surface area contributed by atoms with E-state index in [1.807, 2.05) is 0 Å². The van der Waals surface area contributed by atoms with Crippen LogP contribution in [0.15, 0.2) is 29.2 Å². The third-order valence-electron chi connectivity index (χ3n) is 5.03. The highest BCUT2D eigenvalue weighted by Crippen LogP contribution is 2.27. The second-order valence-corrected chi connectivity index (χ2v) is 8.90. The van der Waals surface area contributed by atoms with Gasteiger partial charge in [0.05, 0.1) is 17.5 Å². The van der Waals surface area contributed by atoms with Crippen molar-refractivity contribution in [3.8, 4) is 0 Å². The molecule has 0 heterocycles. The number of benzene rings is 1. The number of carbonyl (C=O) groups is 2. The molecular weight excluding hydrogens is 380 g/mol. The fourth-order valence-electron chi connectivity index (χ4n) is 3.58. The minimum Gasteiger partial charge on any atom is -0.466 e. The molecule has 0 spiro atoms. The summed E-state index contributed by atoms with van der Waals surface area (Å²) < 4.78 is 31.9. The summed E-state index contributed by atoms with van der Waals surface area (Å²) in [7, 11) is -4.02. The molecule has 1 aliphatic carbocycles. The van der Waals surface area contributed by atoms with E-state index < -0.39 is 22.1 Å². The van der Waals surface area contributed by atoms with E-state index in [1.54, 1.807) is 19.1 Å². The number of urea groups is 1. The van der Waals surface area contributed by atoms with Crippen molar-refractivity contribution in [1.82, 2.24) is 4.31 Å². The van der Waals surface area contributed by atoms with E-state index in [2.05, 4.69) is 0 Å². The van der Waals surface area contributed by atoms with Crippen LogP contribution in [0.4, 0.5) is 4.79 Å². The zero-order valence-corrected chi connectivity index (χ0v) is 17.2. The maximum absolute atomic E-state index is 13.1. The zero-order valence-electron chi connectivity index (χ0n) is 16.4. The summed E-state index contributed by atoms with van der Waals surface area (Å²) in [6.07, 6.45) is 6.96. The number of nitrogens with two attached hydrogens (primary N) is 1. The van der Waals surface area contributed by atoms with Gasteiger partial charge in [0.2, 0.25) is 0 Å². The first-order valence-corrected chi connectivity index (χ1v) is 11.4. The lowest BCUT2D eigenvalue weighted by molar-refractivity contribution is -0.143. The van der Waals surface area contributed by atoms with Gasteiger partial charge in [0.15, 0.2) is 0 Å². The summed E-state index contributed by atoms with van der Waals surface area (Å²) in [5, 5.41) is 0. The molecule has 1 aromatic rings. The SMILES string of the molecule is CCOC(=O)CCc1ccc(S(=O)(=O)N(C(N)=O)C2CCCCCCC2)cc1. The van der Waals surface area contributed by atoms with E-state index in [0.717, 1.165) is 42.0 Å². The molecule has 1 aromatic carbocycles. The smallest absolute Gasteiger partial charge is 0.328 e. The van der Waals surface area contributed by atoms with Crippen molar-refractivity contribution in [1.29, 1.82) is 0 Å². The highest BCUT2D eigenvalue weighted by Gasteiger charge is 2.34. The van der Waals surface area contributed by atoms with Crippen molar-refractivity contribution < 1.29 is 22.7 Å². The summed E-state index contributed by atoms with van der Waals surface area (Å²) >= 11 is 0. The van der Waals surface area contributed by atoms with Crippen LogP contribution in [0, 0.1) is 0 Å². The molecule has 1 fully saturated rings. The highest BCUT2D eigenvalue weighted by atomic mass is 32.2. The Hall–Kier alpha value is -2.09. The number of esters is 1. The number of hydrogen-bond acceptors (Lipinski definition) is 5. The van der Waals surface area contributed by atoms with Crippen LogP contribution >= 0.6 is 0 Å². The number of hydrogen-bond donors (Lipinski definition) is 1. The fraction of sp³-hybridized carbons (Fsp3) is 0.600. The largest absolute Gasteiger partial charge is 0.466 e. The van der Waals surface area contributed by atoms with Gasteiger partial charge < -0.3 is 10.5 Å². The fourth-order valence-corrected chi connectivity index (χ4v) is 5.13. The van der Waals surface area contributed by atoms with E-state index in [0.29, 0.717) is 25.9 Å². The van der Waals surface area contributed by atoms with Gasteiger partial charge >= 0.3 is 12.0 Å². The Morgan fingerprint density at radius 3 is 2.18 bits per heavy atom. The zero-order chi connectivity index (χ0) is 20.6. The predicted molar refractivity (Wildman–Crippen MR) is 106 cm³/mol. The Balaban J connectivity index is 2.15. The van der Waals surface area contributed by atoms with Gasteiger partial charge in [-0.2, -0.15) is 0 Å². The average Bonchev–Trinajstić information content (AvgIpc) is 2.62. The standard InChI is InChI=1S/C20H30N2O5S/c1-2-27-19(23)15-12-16-10-13-18(14-11-16)28(25,26)22(20(21)24)17-8-6-4-3-5-7-9-17/h10-11,13-14,17H,2-9,12,15H2,1H3,(H2,21,24). The van der Waals surface area contributed by atoms with E-state index in [-0.39, 0.29) is 17.3 Å². The first-order valence-electron chi connectivity index (χ1n) is 9.94. The molecule has 0 atom stereocenters. The number of amides is 2. The van der Waals surface area contributed by atoms with Crippen LogP contribution < -0.4 is 5.73 Å². The Morgan fingerprint density at radius 1 is 1.07 bits per heavy atom. The predicted octanol–water partition coefficient (Wildman–Crippen LogP) is 3.36. The molecule has 2 amide bonds. The molecule has 8 heteroatoms. The number of aryl methyl sites for hydroxylation is 1. The highest BCUT2D eigenvalue weighted by molar-refractivity contribution is 7.89. The Morgan fingerprint density at radius 2 is 1.64 bits per heavy atom. The summed E-state index contributed by atoms with van der Waals surface area (Å²) in [6, 6.07) is 4.92. The molecule has 0 radical (unpaired) electrons. The first-order chi connectivity index (χ1) is 13.4. The number of ether oxygens (including phenoxy) is 1. The minimum atomic E-state index is -4.02. The normalized spacial score (nSPS) is 16.0. The molecule has 0 bridgehead atoms. The molecular formula is C20H30N2O5S. The second-order valence-electron chi connectivity index (χ2n) is 7.09. The van der Waals surface area contributed by atoms with Crippen LogP contribution in [-0.4, -0.2) is 37.4 Å². The quantitative estimate of drug-likeness (QED) is 0.694. The van der Waals surface area contributed by atoms with E-state index in [9.17, 15) is 18.0 Å². The van der Waals surface area contributed by atoms with Crippen LogP contribution in [0.1, 0.15) is 63.9 Å². The summed E-state index contributed by atoms with van der Waals surface area (Å²) in [5.74, 6) is -0.289. The topological polar surface area (TPSA) is 107 Å². The molecule has 0 aliphatic heterocycles. The molecule has 0 aromatic heterocycles. The van der Waals surface area contributed by atoms with Gasteiger partial charge in [-0.15, -0.1) is 0 Å². The van der Waals surface area contributed by atoms with Crippen LogP contribution in [0.5, 0.6) is 0 Å². The lowest BCUT2D eigenvalue weighted by Gasteiger charge is -2.31. The van der Waals surface area contributed by atoms with Crippen molar-refractivity contribution in [3.05, 3.63) is 29.8 Å². The van der Waals surface area contributed by atoms with Crippen molar-refractivity contribution >= 4 is 22.0 Å². The molecule has 7 nitrogen and oxygen atoms in total. The maximum Gasteiger partial charge on any atom is 0.328 e. The van der Waals surface area contributed by atoms with Crippen molar-refractivity contribution in [2.24, 2.45) is 5.73 Å². The van der Waals surface area contributed by atoms with Gasteiger partial charge in [0.1, 0.15) is 0 Å². The number of sulfonamides is 1. The van der Waals surface area contributed by atoms with Gasteiger partial charge in [-0.25, -0.2) is 17.5 Å². The number of rotatable bonds is 7. The minimum absolute atomic E-state index is 0.0354. The Bertz CT molecular complexity index is 753. The summed E-state index contributed by atoms with van der Waals surface area (Å²) in [5.41, 5.74) is 6.30. The first kappa shape index (κ1) is 22.2. The molecule has 2 rings (SSSR count). The van der Waals surface area contributed by atoms with E-state index in [1.165, 1.54) is 12.1 Å². The lowest BCUT2D eigenvalue weighted by atomic mass is 9.97. The number of nitrogens with zero attached hydrogens (tertiary/aromatic N) is 1. The van der Waals surface area contributed by atoms with E-state index >= 15 is 0 Å². The molecule has 0 saturated heterocycles. The Kier molecular flexibility index (Phi) is 8.29. The molecule has 156 valence electrons. The summed E-state index contributed by atoms with van der Waals surface area (Å²) in [4.78, 5) is 23.5.